The summed E-state index contributed by atoms with van der Waals surface area (Å²) in [6, 6.07) is 0. The van der Waals surface area contributed by atoms with Crippen molar-refractivity contribution in [2.45, 2.75) is 6.54 Å². The maximum atomic E-state index is 5.28. The first kappa shape index (κ1) is 9.82. The number of hydrogen-bond donors (Lipinski definition) is 1. The van der Waals surface area contributed by atoms with Gasteiger partial charge in [-0.25, -0.2) is 0 Å². The van der Waals surface area contributed by atoms with Gasteiger partial charge < -0.3 is 9.30 Å². The van der Waals surface area contributed by atoms with Crippen LogP contribution in [-0.2, 0) is 18.3 Å². The van der Waals surface area contributed by atoms with Crippen LogP contribution in [0.4, 0.5) is 0 Å². The van der Waals surface area contributed by atoms with Crippen molar-refractivity contribution in [2.75, 3.05) is 26.3 Å². The maximum absolute atomic E-state index is 5.28. The standard InChI is InChI=1S/C8H14N4OS/c1-11-7(9-10-8(11)14)6-12-2-4-13-5-3-12/h2-6H2,1H3,(H,10,14). The second kappa shape index (κ2) is 4.20. The normalized spacial score (nSPS) is 18.6. The molecule has 0 radical (unpaired) electrons. The van der Waals surface area contributed by atoms with E-state index in [4.69, 9.17) is 17.0 Å². The lowest BCUT2D eigenvalue weighted by atomic mass is 10.4. The molecule has 2 heterocycles. The molecule has 0 atom stereocenters. The van der Waals surface area contributed by atoms with E-state index in [9.17, 15) is 0 Å². The predicted molar refractivity (Wildman–Crippen MR) is 54.5 cm³/mol. The highest BCUT2D eigenvalue weighted by Crippen LogP contribution is 2.03. The van der Waals surface area contributed by atoms with E-state index in [1.54, 1.807) is 0 Å². The lowest BCUT2D eigenvalue weighted by Crippen LogP contribution is -2.36. The number of nitrogens with zero attached hydrogens (tertiary/aromatic N) is 3. The number of ether oxygens (including phenoxy) is 1. The average molecular weight is 214 g/mol. The van der Waals surface area contributed by atoms with Gasteiger partial charge in [0.25, 0.3) is 0 Å². The number of morpholine rings is 1. The van der Waals surface area contributed by atoms with Gasteiger partial charge in [0.2, 0.25) is 0 Å². The van der Waals surface area contributed by atoms with Crippen LogP contribution in [0.3, 0.4) is 0 Å². The molecule has 0 aromatic carbocycles. The summed E-state index contributed by atoms with van der Waals surface area (Å²) in [5.74, 6) is 0.983. The van der Waals surface area contributed by atoms with Gasteiger partial charge in [0.15, 0.2) is 4.77 Å². The lowest BCUT2D eigenvalue weighted by Gasteiger charge is -2.25. The molecule has 1 aromatic rings. The summed E-state index contributed by atoms with van der Waals surface area (Å²) < 4.78 is 7.86. The zero-order valence-corrected chi connectivity index (χ0v) is 9.01. The summed E-state index contributed by atoms with van der Waals surface area (Å²) in [6.07, 6.45) is 0. The molecular formula is C8H14N4OS. The Hall–Kier alpha value is -0.720. The molecule has 0 bridgehead atoms. The van der Waals surface area contributed by atoms with Gasteiger partial charge in [0, 0.05) is 20.1 Å². The summed E-state index contributed by atoms with van der Waals surface area (Å²) >= 11 is 5.04. The van der Waals surface area contributed by atoms with E-state index in [1.807, 2.05) is 11.6 Å². The highest BCUT2D eigenvalue weighted by Gasteiger charge is 2.13. The molecule has 1 fully saturated rings. The van der Waals surface area contributed by atoms with Crippen LogP contribution in [0.5, 0.6) is 0 Å². The summed E-state index contributed by atoms with van der Waals surface area (Å²) in [7, 11) is 1.93. The molecule has 1 saturated heterocycles. The highest BCUT2D eigenvalue weighted by atomic mass is 32.1. The van der Waals surface area contributed by atoms with Crippen LogP contribution < -0.4 is 0 Å². The van der Waals surface area contributed by atoms with Gasteiger partial charge in [0.05, 0.1) is 19.8 Å². The molecule has 6 heteroatoms. The van der Waals surface area contributed by atoms with Crippen LogP contribution >= 0.6 is 12.2 Å². The molecule has 2 rings (SSSR count). The molecule has 1 aliphatic heterocycles. The monoisotopic (exact) mass is 214 g/mol. The number of nitrogens with one attached hydrogen (secondary N) is 1. The van der Waals surface area contributed by atoms with Gasteiger partial charge in [-0.15, -0.1) is 0 Å². The first-order chi connectivity index (χ1) is 6.77. The summed E-state index contributed by atoms with van der Waals surface area (Å²) in [6.45, 7) is 4.41. The lowest BCUT2D eigenvalue weighted by molar-refractivity contribution is 0.0326. The van der Waals surface area contributed by atoms with Gasteiger partial charge in [-0.05, 0) is 12.2 Å². The topological polar surface area (TPSA) is 46.1 Å². The number of aromatic nitrogens is 3. The van der Waals surface area contributed by atoms with E-state index < -0.39 is 0 Å². The Morgan fingerprint density at radius 1 is 1.50 bits per heavy atom. The number of H-pyrrole nitrogens is 1. The van der Waals surface area contributed by atoms with Gasteiger partial charge in [-0.3, -0.25) is 10.00 Å². The van der Waals surface area contributed by atoms with Crippen LogP contribution in [0.1, 0.15) is 5.82 Å². The van der Waals surface area contributed by atoms with Crippen LogP contribution in [0, 0.1) is 4.77 Å². The van der Waals surface area contributed by atoms with Gasteiger partial charge in [-0.1, -0.05) is 0 Å². The van der Waals surface area contributed by atoms with Gasteiger partial charge in [0.1, 0.15) is 5.82 Å². The third kappa shape index (κ3) is 2.02. The van der Waals surface area contributed by atoms with E-state index in [2.05, 4.69) is 15.1 Å². The largest absolute Gasteiger partial charge is 0.379 e. The molecule has 1 aliphatic rings. The molecule has 0 amide bonds. The molecule has 1 aromatic heterocycles. The summed E-state index contributed by atoms with van der Waals surface area (Å²) in [4.78, 5) is 2.31. The van der Waals surface area contributed by atoms with Crippen molar-refractivity contribution in [3.8, 4) is 0 Å². The van der Waals surface area contributed by atoms with Crippen molar-refractivity contribution in [1.82, 2.24) is 19.7 Å². The van der Waals surface area contributed by atoms with Crippen molar-refractivity contribution in [3.05, 3.63) is 10.6 Å². The number of aromatic amines is 1. The molecule has 14 heavy (non-hydrogen) atoms. The fourth-order valence-electron chi connectivity index (χ4n) is 1.48. The molecule has 0 unspecified atom stereocenters. The van der Waals surface area contributed by atoms with Crippen LogP contribution in [-0.4, -0.2) is 46.0 Å². The van der Waals surface area contributed by atoms with Crippen molar-refractivity contribution < 1.29 is 4.74 Å². The molecule has 0 aliphatic carbocycles. The van der Waals surface area contributed by atoms with E-state index in [0.717, 1.165) is 38.7 Å². The second-order valence-corrected chi connectivity index (χ2v) is 3.78. The van der Waals surface area contributed by atoms with E-state index in [1.165, 1.54) is 0 Å². The first-order valence-electron chi connectivity index (χ1n) is 4.68. The maximum Gasteiger partial charge on any atom is 0.194 e. The minimum Gasteiger partial charge on any atom is -0.379 e. The average Bonchev–Trinajstić information content (AvgIpc) is 2.52. The van der Waals surface area contributed by atoms with Gasteiger partial charge in [-0.2, -0.15) is 5.10 Å². The van der Waals surface area contributed by atoms with Crippen molar-refractivity contribution in [2.24, 2.45) is 7.05 Å². The zero-order valence-electron chi connectivity index (χ0n) is 8.19. The SMILES string of the molecule is Cn1c(CN2CCOCC2)n[nH]c1=S. The fourth-order valence-corrected chi connectivity index (χ4v) is 1.63. The predicted octanol–water partition coefficient (Wildman–Crippen LogP) is 0.310. The second-order valence-electron chi connectivity index (χ2n) is 3.39. The Kier molecular flexibility index (Phi) is 2.95. The third-order valence-corrected chi connectivity index (χ3v) is 2.81. The van der Waals surface area contributed by atoms with Crippen LogP contribution in [0.2, 0.25) is 0 Å². The molecule has 0 spiro atoms. The minimum atomic E-state index is 0.674. The fraction of sp³-hybridized carbons (Fsp3) is 0.750. The highest BCUT2D eigenvalue weighted by molar-refractivity contribution is 7.71. The Morgan fingerprint density at radius 3 is 2.79 bits per heavy atom. The van der Waals surface area contributed by atoms with Crippen molar-refractivity contribution >= 4 is 12.2 Å². The van der Waals surface area contributed by atoms with Gasteiger partial charge >= 0.3 is 0 Å². The van der Waals surface area contributed by atoms with Crippen molar-refractivity contribution in [1.29, 1.82) is 0 Å². The Balaban J connectivity index is 2.02. The molecule has 5 nitrogen and oxygen atoms in total. The summed E-state index contributed by atoms with van der Waals surface area (Å²) in [5, 5.41) is 6.96. The number of hydrogen-bond acceptors (Lipinski definition) is 4. The summed E-state index contributed by atoms with van der Waals surface area (Å²) in [5.41, 5.74) is 0. The quantitative estimate of drug-likeness (QED) is 0.720. The molecule has 0 saturated carbocycles. The molecule has 78 valence electrons. The third-order valence-electron chi connectivity index (χ3n) is 2.44. The first-order valence-corrected chi connectivity index (χ1v) is 5.08. The minimum absolute atomic E-state index is 0.674. The van der Waals surface area contributed by atoms with E-state index >= 15 is 0 Å². The number of rotatable bonds is 2. The Bertz CT molecular complexity index is 352. The van der Waals surface area contributed by atoms with Crippen LogP contribution in [0.25, 0.3) is 0 Å². The van der Waals surface area contributed by atoms with Crippen molar-refractivity contribution in [3.63, 3.8) is 0 Å². The Morgan fingerprint density at radius 2 is 2.21 bits per heavy atom. The molecule has 1 N–H and O–H groups in total. The van der Waals surface area contributed by atoms with Crippen LogP contribution in [0.15, 0.2) is 0 Å². The van der Waals surface area contributed by atoms with E-state index in [0.29, 0.717) is 4.77 Å². The Labute approximate surface area is 87.7 Å². The van der Waals surface area contributed by atoms with E-state index in [-0.39, 0.29) is 0 Å². The molecular weight excluding hydrogens is 200 g/mol. The smallest absolute Gasteiger partial charge is 0.194 e. The zero-order chi connectivity index (χ0) is 9.97.